The second-order valence-corrected chi connectivity index (χ2v) is 11.9. The third-order valence-electron chi connectivity index (χ3n) is 4.28. The molecule has 0 aliphatic carbocycles. The SMILES string of the molecule is CN1C=Nc2c(ncn2CCOCP(=O)(OCOC(=O)OC(C)(C)C)OCOC(=O)OC(C)(C)C)C1N. The maximum atomic E-state index is 13.1. The van der Waals surface area contributed by atoms with E-state index in [1.165, 1.54) is 0 Å². The van der Waals surface area contributed by atoms with Crippen LogP contribution >= 0.6 is 7.60 Å². The zero-order chi connectivity index (χ0) is 27.9. The monoisotopic (exact) mass is 549 g/mol. The number of fused-ring (bicyclic) bond motifs is 1. The van der Waals surface area contributed by atoms with Crippen molar-refractivity contribution in [2.75, 3.05) is 33.6 Å². The first-order chi connectivity index (χ1) is 17.1. The maximum absolute atomic E-state index is 13.1. The van der Waals surface area contributed by atoms with Crippen molar-refractivity contribution in [2.24, 2.45) is 10.7 Å². The molecule has 37 heavy (non-hydrogen) atoms. The van der Waals surface area contributed by atoms with E-state index >= 15 is 0 Å². The molecule has 0 radical (unpaired) electrons. The normalized spacial score (nSPS) is 15.8. The van der Waals surface area contributed by atoms with Crippen LogP contribution in [-0.2, 0) is 43.8 Å². The van der Waals surface area contributed by atoms with Gasteiger partial charge in [0.15, 0.2) is 5.82 Å². The van der Waals surface area contributed by atoms with Crippen LogP contribution in [0.5, 0.6) is 0 Å². The number of rotatable bonds is 11. The van der Waals surface area contributed by atoms with Crippen LogP contribution in [-0.4, -0.2) is 77.9 Å². The van der Waals surface area contributed by atoms with Crippen LogP contribution in [0.25, 0.3) is 0 Å². The Hall–Kier alpha value is -2.71. The van der Waals surface area contributed by atoms with Gasteiger partial charge in [-0.3, -0.25) is 13.6 Å². The molecule has 0 spiro atoms. The van der Waals surface area contributed by atoms with Crippen LogP contribution in [0, 0.1) is 0 Å². The third kappa shape index (κ3) is 10.7. The number of aromatic nitrogens is 2. The van der Waals surface area contributed by atoms with E-state index in [9.17, 15) is 14.2 Å². The quantitative estimate of drug-likeness (QED) is 0.184. The number of nitrogens with zero attached hydrogens (tertiary/aromatic N) is 4. The first-order valence-corrected chi connectivity index (χ1v) is 13.1. The second-order valence-electron chi connectivity index (χ2n) is 9.86. The van der Waals surface area contributed by atoms with Crippen molar-refractivity contribution in [2.45, 2.75) is 65.5 Å². The standard InChI is InChI=1S/C21H36N5O10P/c1-20(2,3)35-18(27)31-12-33-37(29,34-13-32-19(28)36-21(4,5)6)14-30-9-8-26-11-23-15-16(22)25(7)10-24-17(15)26/h10-11,16H,8-9,12-14,22H2,1-7H3. The number of ether oxygens (including phenoxy) is 5. The van der Waals surface area contributed by atoms with E-state index in [-0.39, 0.29) is 6.61 Å². The predicted molar refractivity (Wildman–Crippen MR) is 130 cm³/mol. The summed E-state index contributed by atoms with van der Waals surface area (Å²) in [5.74, 6) is 0.585. The highest BCUT2D eigenvalue weighted by Crippen LogP contribution is 2.48. The Labute approximate surface area is 215 Å². The van der Waals surface area contributed by atoms with E-state index in [2.05, 4.69) is 9.98 Å². The maximum Gasteiger partial charge on any atom is 0.510 e. The van der Waals surface area contributed by atoms with E-state index in [0.717, 1.165) is 0 Å². The lowest BCUT2D eigenvalue weighted by atomic mass is 10.2. The lowest BCUT2D eigenvalue weighted by Crippen LogP contribution is -2.32. The number of imidazole rings is 1. The Morgan fingerprint density at radius 3 is 2.08 bits per heavy atom. The van der Waals surface area contributed by atoms with E-state index in [4.69, 9.17) is 38.5 Å². The van der Waals surface area contributed by atoms with E-state index in [1.54, 1.807) is 70.7 Å². The molecule has 0 saturated carbocycles. The molecule has 1 atom stereocenters. The molecule has 1 unspecified atom stereocenters. The van der Waals surface area contributed by atoms with Crippen LogP contribution < -0.4 is 5.73 Å². The highest BCUT2D eigenvalue weighted by atomic mass is 31.2. The number of carbonyl (C=O) groups excluding carboxylic acids is 2. The summed E-state index contributed by atoms with van der Waals surface area (Å²) < 4.78 is 50.2. The lowest BCUT2D eigenvalue weighted by Gasteiger charge is -2.24. The summed E-state index contributed by atoms with van der Waals surface area (Å²) in [4.78, 5) is 33.8. The van der Waals surface area contributed by atoms with Gasteiger partial charge in [0.2, 0.25) is 13.6 Å². The Morgan fingerprint density at radius 2 is 1.57 bits per heavy atom. The van der Waals surface area contributed by atoms with Gasteiger partial charge in [0.1, 0.15) is 29.4 Å². The van der Waals surface area contributed by atoms with Crippen molar-refractivity contribution in [3.8, 4) is 0 Å². The summed E-state index contributed by atoms with van der Waals surface area (Å²) in [5, 5.41) is 0. The summed E-state index contributed by atoms with van der Waals surface area (Å²) in [6.45, 7) is 8.78. The van der Waals surface area contributed by atoms with Gasteiger partial charge in [-0.15, -0.1) is 0 Å². The van der Waals surface area contributed by atoms with E-state index in [1.807, 2.05) is 0 Å². The summed E-state index contributed by atoms with van der Waals surface area (Å²) in [6.07, 6.45) is 0.146. The Bertz CT molecular complexity index is 963. The molecule has 16 heteroatoms. The van der Waals surface area contributed by atoms with Gasteiger partial charge >= 0.3 is 19.9 Å². The fraction of sp³-hybridized carbons (Fsp3) is 0.714. The van der Waals surface area contributed by atoms with Crippen LogP contribution in [0.15, 0.2) is 11.3 Å². The molecule has 210 valence electrons. The molecule has 0 saturated heterocycles. The van der Waals surface area contributed by atoms with Crippen molar-refractivity contribution in [3.05, 3.63) is 12.0 Å². The molecule has 15 nitrogen and oxygen atoms in total. The summed E-state index contributed by atoms with van der Waals surface area (Å²) in [6, 6.07) is 0. The number of carbonyl (C=O) groups is 2. The predicted octanol–water partition coefficient (Wildman–Crippen LogP) is 3.46. The summed E-state index contributed by atoms with van der Waals surface area (Å²) in [5.41, 5.74) is 5.11. The second kappa shape index (κ2) is 12.7. The number of hydrogen-bond acceptors (Lipinski definition) is 14. The topological polar surface area (TPSA) is 175 Å². The molecule has 0 fully saturated rings. The minimum Gasteiger partial charge on any atom is -0.429 e. The van der Waals surface area contributed by atoms with E-state index < -0.39 is 57.2 Å². The molecule has 1 aliphatic rings. The highest BCUT2D eigenvalue weighted by molar-refractivity contribution is 7.53. The minimum absolute atomic E-state index is 0.0694. The van der Waals surface area contributed by atoms with Gasteiger partial charge in [0, 0.05) is 13.6 Å². The van der Waals surface area contributed by atoms with Crippen molar-refractivity contribution in [3.63, 3.8) is 0 Å². The summed E-state index contributed by atoms with van der Waals surface area (Å²) >= 11 is 0. The lowest BCUT2D eigenvalue weighted by molar-refractivity contribution is -0.0539. The van der Waals surface area contributed by atoms with E-state index in [0.29, 0.717) is 18.1 Å². The average molecular weight is 550 g/mol. The van der Waals surface area contributed by atoms with Crippen molar-refractivity contribution in [1.82, 2.24) is 14.5 Å². The molecular weight excluding hydrogens is 513 g/mol. The molecule has 2 rings (SSSR count). The molecule has 2 heterocycles. The molecular formula is C21H36N5O10P. The number of aliphatic imine (C=N–C) groups is 1. The van der Waals surface area contributed by atoms with Crippen molar-refractivity contribution in [1.29, 1.82) is 0 Å². The third-order valence-corrected chi connectivity index (χ3v) is 5.77. The molecule has 0 aromatic carbocycles. The molecule has 1 aliphatic heterocycles. The van der Waals surface area contributed by atoms with Gasteiger partial charge in [0.05, 0.1) is 19.3 Å². The molecule has 1 aromatic rings. The zero-order valence-electron chi connectivity index (χ0n) is 22.2. The van der Waals surface area contributed by atoms with Gasteiger partial charge < -0.3 is 38.9 Å². The molecule has 0 amide bonds. The van der Waals surface area contributed by atoms with Gasteiger partial charge in [-0.2, -0.15) is 0 Å². The van der Waals surface area contributed by atoms with Crippen LogP contribution in [0.3, 0.4) is 0 Å². The van der Waals surface area contributed by atoms with Gasteiger partial charge in [0.25, 0.3) is 0 Å². The fourth-order valence-corrected chi connectivity index (χ4v) is 3.64. The average Bonchev–Trinajstić information content (AvgIpc) is 3.15. The molecule has 2 N–H and O–H groups in total. The van der Waals surface area contributed by atoms with Gasteiger partial charge in [-0.25, -0.2) is 19.6 Å². The Kier molecular flexibility index (Phi) is 10.5. The minimum atomic E-state index is -4.05. The number of hydrogen-bond donors (Lipinski definition) is 1. The molecule has 1 aromatic heterocycles. The summed E-state index contributed by atoms with van der Waals surface area (Å²) in [7, 11) is -2.26. The van der Waals surface area contributed by atoms with Gasteiger partial charge in [-0.05, 0) is 41.5 Å². The fourth-order valence-electron chi connectivity index (χ4n) is 2.63. The van der Waals surface area contributed by atoms with Crippen molar-refractivity contribution >= 4 is 32.1 Å². The van der Waals surface area contributed by atoms with Crippen LogP contribution in [0.2, 0.25) is 0 Å². The Balaban J connectivity index is 1.91. The Morgan fingerprint density at radius 1 is 1.03 bits per heavy atom. The smallest absolute Gasteiger partial charge is 0.429 e. The number of nitrogens with two attached hydrogens (primary N) is 1. The zero-order valence-corrected chi connectivity index (χ0v) is 23.1. The van der Waals surface area contributed by atoms with Crippen LogP contribution in [0.4, 0.5) is 15.4 Å². The van der Waals surface area contributed by atoms with Crippen molar-refractivity contribution < 1.29 is 46.9 Å². The van der Waals surface area contributed by atoms with Gasteiger partial charge in [-0.1, -0.05) is 0 Å². The first kappa shape index (κ1) is 30.5. The molecule has 0 bridgehead atoms. The largest absolute Gasteiger partial charge is 0.510 e. The first-order valence-electron chi connectivity index (χ1n) is 11.3. The highest BCUT2D eigenvalue weighted by Gasteiger charge is 2.29. The van der Waals surface area contributed by atoms with Crippen LogP contribution in [0.1, 0.15) is 53.4 Å².